The number of anilines is 1. The van der Waals surface area contributed by atoms with Gasteiger partial charge in [-0.05, 0) is 25.3 Å². The van der Waals surface area contributed by atoms with Gasteiger partial charge in [-0.25, -0.2) is 9.97 Å². The fourth-order valence-electron chi connectivity index (χ4n) is 3.64. The van der Waals surface area contributed by atoms with Crippen LogP contribution < -0.4 is 5.32 Å². The van der Waals surface area contributed by atoms with Crippen molar-refractivity contribution in [3.8, 4) is 22.5 Å². The van der Waals surface area contributed by atoms with Crippen molar-refractivity contribution in [3.05, 3.63) is 66.5 Å². The first kappa shape index (κ1) is 20.6. The van der Waals surface area contributed by atoms with Gasteiger partial charge < -0.3 is 14.8 Å². The number of carboxylic acid groups (broad SMARTS) is 1. The molecular weight excluding hydrogens is 390 g/mol. The number of unbranched alkanes of at least 4 members (excludes halogenated alkanes) is 2. The Balaban J connectivity index is 1.70. The summed E-state index contributed by atoms with van der Waals surface area (Å²) in [5, 5.41) is 13.0. The lowest BCUT2D eigenvalue weighted by molar-refractivity contribution is -0.137. The van der Waals surface area contributed by atoms with Gasteiger partial charge in [0.2, 0.25) is 5.71 Å². The van der Waals surface area contributed by atoms with Crippen LogP contribution in [0.15, 0.2) is 65.3 Å². The highest BCUT2D eigenvalue weighted by molar-refractivity contribution is 6.05. The van der Waals surface area contributed by atoms with Gasteiger partial charge in [-0.2, -0.15) is 0 Å². The molecule has 0 spiro atoms. The van der Waals surface area contributed by atoms with Gasteiger partial charge in [0.05, 0.1) is 5.39 Å². The highest BCUT2D eigenvalue weighted by atomic mass is 16.4. The van der Waals surface area contributed by atoms with Crippen LogP contribution in [0.2, 0.25) is 0 Å². The Morgan fingerprint density at radius 2 is 1.74 bits per heavy atom. The minimum absolute atomic E-state index is 0.206. The maximum absolute atomic E-state index is 10.7. The molecule has 0 unspecified atom stereocenters. The van der Waals surface area contributed by atoms with Gasteiger partial charge in [-0.15, -0.1) is 0 Å². The highest BCUT2D eigenvalue weighted by Crippen LogP contribution is 2.42. The second-order valence-electron chi connectivity index (χ2n) is 7.57. The Morgan fingerprint density at radius 3 is 2.48 bits per heavy atom. The largest absolute Gasteiger partial charge is 0.481 e. The van der Waals surface area contributed by atoms with Crippen molar-refractivity contribution in [1.29, 1.82) is 0 Å². The smallest absolute Gasteiger partial charge is 0.303 e. The fourth-order valence-corrected chi connectivity index (χ4v) is 3.64. The molecule has 0 bridgehead atoms. The monoisotopic (exact) mass is 415 g/mol. The van der Waals surface area contributed by atoms with Crippen molar-refractivity contribution >= 4 is 22.9 Å². The maximum atomic E-state index is 10.7. The van der Waals surface area contributed by atoms with Gasteiger partial charge in [-0.1, -0.05) is 66.6 Å². The zero-order chi connectivity index (χ0) is 21.6. The van der Waals surface area contributed by atoms with Crippen molar-refractivity contribution in [3.63, 3.8) is 0 Å². The van der Waals surface area contributed by atoms with Crippen molar-refractivity contribution < 1.29 is 14.3 Å². The number of aryl methyl sites for hydroxylation is 1. The third kappa shape index (κ3) is 4.74. The average molecular weight is 415 g/mol. The molecule has 0 aliphatic heterocycles. The van der Waals surface area contributed by atoms with E-state index < -0.39 is 5.97 Å². The van der Waals surface area contributed by atoms with Crippen LogP contribution in [0, 0.1) is 6.92 Å². The molecule has 0 aliphatic rings. The molecule has 6 heteroatoms. The van der Waals surface area contributed by atoms with E-state index in [9.17, 15) is 4.79 Å². The van der Waals surface area contributed by atoms with E-state index in [-0.39, 0.29) is 6.42 Å². The molecule has 2 N–H and O–H groups in total. The molecule has 0 amide bonds. The zero-order valence-electron chi connectivity index (χ0n) is 17.5. The molecule has 0 atom stereocenters. The molecule has 4 rings (SSSR count). The lowest BCUT2D eigenvalue weighted by Crippen LogP contribution is -2.04. The Morgan fingerprint density at radius 1 is 0.968 bits per heavy atom. The second kappa shape index (κ2) is 9.43. The predicted molar refractivity (Wildman–Crippen MR) is 122 cm³/mol. The van der Waals surface area contributed by atoms with Crippen molar-refractivity contribution in [2.24, 2.45) is 0 Å². The molecule has 6 nitrogen and oxygen atoms in total. The summed E-state index contributed by atoms with van der Waals surface area (Å²) in [5.41, 5.74) is 4.72. The number of hydrogen-bond acceptors (Lipinski definition) is 5. The van der Waals surface area contributed by atoms with E-state index in [2.05, 4.69) is 46.5 Å². The molecular formula is C25H25N3O3. The van der Waals surface area contributed by atoms with Gasteiger partial charge >= 0.3 is 5.97 Å². The minimum atomic E-state index is -0.750. The third-order valence-corrected chi connectivity index (χ3v) is 5.22. The molecule has 4 aromatic rings. The van der Waals surface area contributed by atoms with Crippen LogP contribution in [0.5, 0.6) is 0 Å². The summed E-state index contributed by atoms with van der Waals surface area (Å²) in [7, 11) is 0. The van der Waals surface area contributed by atoms with E-state index in [0.717, 1.165) is 46.5 Å². The maximum Gasteiger partial charge on any atom is 0.303 e. The van der Waals surface area contributed by atoms with Crippen LogP contribution in [0.3, 0.4) is 0 Å². The number of nitrogens with zero attached hydrogens (tertiary/aromatic N) is 2. The second-order valence-corrected chi connectivity index (χ2v) is 7.57. The first-order valence-corrected chi connectivity index (χ1v) is 10.5. The SMILES string of the molecule is Cc1ccc(-c2c(-c3ccccc3)oc3ncnc(NCCCCCC(=O)O)c23)cc1. The van der Waals surface area contributed by atoms with Crippen molar-refractivity contribution in [2.75, 3.05) is 11.9 Å². The number of benzene rings is 2. The lowest BCUT2D eigenvalue weighted by atomic mass is 9.98. The molecule has 31 heavy (non-hydrogen) atoms. The summed E-state index contributed by atoms with van der Waals surface area (Å²) in [6.45, 7) is 2.76. The van der Waals surface area contributed by atoms with E-state index in [0.29, 0.717) is 18.7 Å². The fraction of sp³-hybridized carbons (Fsp3) is 0.240. The summed E-state index contributed by atoms with van der Waals surface area (Å²) in [6.07, 6.45) is 4.10. The number of furan rings is 1. The number of nitrogens with one attached hydrogen (secondary N) is 1. The minimum Gasteiger partial charge on any atom is -0.481 e. The molecule has 0 fully saturated rings. The number of carbonyl (C=O) groups is 1. The number of hydrogen-bond donors (Lipinski definition) is 2. The first-order valence-electron chi connectivity index (χ1n) is 10.5. The Bertz CT molecular complexity index is 1170. The average Bonchev–Trinajstić information content (AvgIpc) is 3.17. The Hall–Kier alpha value is -3.67. The van der Waals surface area contributed by atoms with E-state index >= 15 is 0 Å². The molecule has 0 aliphatic carbocycles. The summed E-state index contributed by atoms with van der Waals surface area (Å²) < 4.78 is 6.23. The van der Waals surface area contributed by atoms with Crippen LogP contribution in [-0.2, 0) is 4.79 Å². The first-order chi connectivity index (χ1) is 15.1. The van der Waals surface area contributed by atoms with Crippen molar-refractivity contribution in [1.82, 2.24) is 9.97 Å². The van der Waals surface area contributed by atoms with Crippen LogP contribution in [0.1, 0.15) is 31.2 Å². The lowest BCUT2D eigenvalue weighted by Gasteiger charge is -2.09. The van der Waals surface area contributed by atoms with Gasteiger partial charge in [-0.3, -0.25) is 4.79 Å². The molecule has 0 saturated heterocycles. The van der Waals surface area contributed by atoms with Crippen LogP contribution in [0.25, 0.3) is 33.6 Å². The van der Waals surface area contributed by atoms with E-state index in [1.807, 2.05) is 30.3 Å². The number of aromatic nitrogens is 2. The van der Waals surface area contributed by atoms with Crippen LogP contribution in [-0.4, -0.2) is 27.6 Å². The molecule has 2 aromatic heterocycles. The number of fused-ring (bicyclic) bond motifs is 1. The normalized spacial score (nSPS) is 11.0. The topological polar surface area (TPSA) is 88.3 Å². The number of rotatable bonds is 9. The van der Waals surface area contributed by atoms with E-state index in [1.54, 1.807) is 0 Å². The van der Waals surface area contributed by atoms with Gasteiger partial charge in [0.25, 0.3) is 0 Å². The standard InChI is InChI=1S/C25H25N3O3/c1-17-11-13-18(14-12-17)21-22-24(26-15-7-3-6-10-20(29)30)27-16-28-25(22)31-23(21)19-8-4-2-5-9-19/h2,4-5,8-9,11-14,16H,3,6-7,10,15H2,1H3,(H,29,30)(H,26,27,28). The summed E-state index contributed by atoms with van der Waals surface area (Å²) in [4.78, 5) is 19.5. The summed E-state index contributed by atoms with van der Waals surface area (Å²) >= 11 is 0. The van der Waals surface area contributed by atoms with Gasteiger partial charge in [0, 0.05) is 24.1 Å². The molecule has 2 heterocycles. The number of carboxylic acids is 1. The highest BCUT2D eigenvalue weighted by Gasteiger charge is 2.21. The molecule has 0 saturated carbocycles. The predicted octanol–water partition coefficient (Wildman–Crippen LogP) is 5.92. The van der Waals surface area contributed by atoms with Gasteiger partial charge in [0.15, 0.2) is 0 Å². The van der Waals surface area contributed by atoms with Crippen LogP contribution in [0.4, 0.5) is 5.82 Å². The molecule has 2 aromatic carbocycles. The summed E-state index contributed by atoms with van der Waals surface area (Å²) in [6, 6.07) is 18.4. The van der Waals surface area contributed by atoms with Gasteiger partial charge in [0.1, 0.15) is 17.9 Å². The summed E-state index contributed by atoms with van der Waals surface area (Å²) in [5.74, 6) is 0.745. The van der Waals surface area contributed by atoms with Crippen LogP contribution >= 0.6 is 0 Å². The third-order valence-electron chi connectivity index (χ3n) is 5.22. The van der Waals surface area contributed by atoms with Crippen molar-refractivity contribution in [2.45, 2.75) is 32.6 Å². The zero-order valence-corrected chi connectivity index (χ0v) is 17.5. The number of aliphatic carboxylic acids is 1. The molecule has 0 radical (unpaired) electrons. The Labute approximate surface area is 181 Å². The molecule has 158 valence electrons. The Kier molecular flexibility index (Phi) is 6.26. The quantitative estimate of drug-likeness (QED) is 0.330. The van der Waals surface area contributed by atoms with E-state index in [4.69, 9.17) is 9.52 Å². The van der Waals surface area contributed by atoms with E-state index in [1.165, 1.54) is 11.9 Å².